The molecule has 2 heteroatoms. The van der Waals surface area contributed by atoms with Gasteiger partial charge < -0.3 is 5.11 Å². The molecule has 0 radical (unpaired) electrons. The first kappa shape index (κ1) is 15.3. The summed E-state index contributed by atoms with van der Waals surface area (Å²) in [5.41, 5.74) is 2.37. The Labute approximate surface area is 126 Å². The van der Waals surface area contributed by atoms with Gasteiger partial charge in [0.1, 0.15) is 0 Å². The molecule has 0 spiro atoms. The normalized spacial score (nSPS) is 13.6. The molecule has 0 saturated carbocycles. The average Bonchev–Trinajstić information content (AvgIpc) is 2.52. The summed E-state index contributed by atoms with van der Waals surface area (Å²) in [6.07, 6.45) is 2.43. The van der Waals surface area contributed by atoms with Crippen LogP contribution in [0, 0.1) is 11.8 Å². The van der Waals surface area contributed by atoms with E-state index in [9.17, 15) is 9.90 Å². The quantitative estimate of drug-likeness (QED) is 0.826. The van der Waals surface area contributed by atoms with Crippen molar-refractivity contribution in [3.8, 4) is 0 Å². The Bertz CT molecular complexity index is 548. The van der Waals surface area contributed by atoms with Crippen molar-refractivity contribution in [3.05, 3.63) is 71.8 Å². The van der Waals surface area contributed by atoms with Crippen molar-refractivity contribution in [2.75, 3.05) is 0 Å². The van der Waals surface area contributed by atoms with Crippen molar-refractivity contribution in [1.82, 2.24) is 0 Å². The van der Waals surface area contributed by atoms with Crippen LogP contribution in [0.4, 0.5) is 0 Å². The van der Waals surface area contributed by atoms with Gasteiger partial charge >= 0.3 is 5.97 Å². The van der Waals surface area contributed by atoms with E-state index >= 15 is 0 Å². The first-order chi connectivity index (χ1) is 10.2. The maximum Gasteiger partial charge on any atom is 0.307 e. The van der Waals surface area contributed by atoms with Crippen LogP contribution >= 0.6 is 0 Å². The minimum Gasteiger partial charge on any atom is -0.481 e. The zero-order valence-corrected chi connectivity index (χ0v) is 12.4. The lowest BCUT2D eigenvalue weighted by Crippen LogP contribution is -2.24. The van der Waals surface area contributed by atoms with Crippen molar-refractivity contribution in [2.24, 2.45) is 11.8 Å². The highest BCUT2D eigenvalue weighted by molar-refractivity contribution is 5.70. The Hall–Kier alpha value is -2.09. The molecular weight excluding hydrogens is 260 g/mol. The lowest BCUT2D eigenvalue weighted by Gasteiger charge is -2.20. The number of rotatable bonds is 7. The molecule has 21 heavy (non-hydrogen) atoms. The van der Waals surface area contributed by atoms with E-state index < -0.39 is 5.97 Å². The Kier molecular flexibility index (Phi) is 5.56. The summed E-state index contributed by atoms with van der Waals surface area (Å²) in [4.78, 5) is 11.6. The van der Waals surface area contributed by atoms with E-state index in [4.69, 9.17) is 0 Å². The van der Waals surface area contributed by atoms with E-state index in [1.807, 2.05) is 55.5 Å². The average molecular weight is 282 g/mol. The number of carbonyl (C=O) groups is 1. The van der Waals surface area contributed by atoms with Gasteiger partial charge in [-0.25, -0.2) is 0 Å². The summed E-state index contributed by atoms with van der Waals surface area (Å²) in [7, 11) is 0. The number of hydrogen-bond acceptors (Lipinski definition) is 1. The molecule has 2 atom stereocenters. The van der Waals surface area contributed by atoms with Crippen LogP contribution in [-0.2, 0) is 17.6 Å². The fraction of sp³-hybridized carbons (Fsp3) is 0.316. The van der Waals surface area contributed by atoms with Crippen LogP contribution in [0.1, 0.15) is 24.5 Å². The molecule has 0 saturated heterocycles. The summed E-state index contributed by atoms with van der Waals surface area (Å²) in [5.74, 6) is -0.863. The second-order valence-electron chi connectivity index (χ2n) is 5.64. The van der Waals surface area contributed by atoms with Gasteiger partial charge in [0.05, 0.1) is 5.92 Å². The maximum absolute atomic E-state index is 11.6. The van der Waals surface area contributed by atoms with E-state index in [1.165, 1.54) is 5.56 Å². The van der Waals surface area contributed by atoms with Crippen LogP contribution in [-0.4, -0.2) is 11.1 Å². The number of aliphatic carboxylic acids is 1. The molecule has 0 fully saturated rings. The number of aryl methyl sites for hydroxylation is 1. The maximum atomic E-state index is 11.6. The van der Waals surface area contributed by atoms with Crippen LogP contribution in [0.5, 0.6) is 0 Å². The lowest BCUT2D eigenvalue weighted by atomic mass is 9.84. The zero-order chi connectivity index (χ0) is 15.1. The van der Waals surface area contributed by atoms with Gasteiger partial charge in [0.15, 0.2) is 0 Å². The molecule has 0 aliphatic heterocycles. The molecule has 0 aliphatic rings. The van der Waals surface area contributed by atoms with E-state index in [1.54, 1.807) is 0 Å². The topological polar surface area (TPSA) is 37.3 Å². The van der Waals surface area contributed by atoms with Gasteiger partial charge in [0.2, 0.25) is 0 Å². The molecule has 0 heterocycles. The summed E-state index contributed by atoms with van der Waals surface area (Å²) < 4.78 is 0. The molecule has 0 aromatic heterocycles. The standard InChI is InChI=1S/C19H22O2/c1-15(12-13-16-8-4-2-5-9-16)18(19(20)21)14-17-10-6-3-7-11-17/h2-11,15,18H,12-14H2,1H3,(H,20,21). The molecule has 2 aromatic rings. The minimum absolute atomic E-state index is 0.155. The highest BCUT2D eigenvalue weighted by Gasteiger charge is 2.24. The van der Waals surface area contributed by atoms with E-state index in [2.05, 4.69) is 12.1 Å². The van der Waals surface area contributed by atoms with Crippen molar-refractivity contribution in [1.29, 1.82) is 0 Å². The molecule has 2 nitrogen and oxygen atoms in total. The van der Waals surface area contributed by atoms with Crippen molar-refractivity contribution in [3.63, 3.8) is 0 Å². The predicted molar refractivity (Wildman–Crippen MR) is 85.2 cm³/mol. The van der Waals surface area contributed by atoms with Crippen molar-refractivity contribution in [2.45, 2.75) is 26.2 Å². The van der Waals surface area contributed by atoms with Crippen LogP contribution in [0.15, 0.2) is 60.7 Å². The first-order valence-electron chi connectivity index (χ1n) is 7.47. The molecular formula is C19H22O2. The van der Waals surface area contributed by atoms with Crippen molar-refractivity contribution < 1.29 is 9.90 Å². The fourth-order valence-corrected chi connectivity index (χ4v) is 2.64. The second kappa shape index (κ2) is 7.63. The highest BCUT2D eigenvalue weighted by Crippen LogP contribution is 2.22. The van der Waals surface area contributed by atoms with Crippen LogP contribution < -0.4 is 0 Å². The summed E-state index contributed by atoms with van der Waals surface area (Å²) in [6.45, 7) is 2.05. The summed E-state index contributed by atoms with van der Waals surface area (Å²) in [6, 6.07) is 20.1. The van der Waals surface area contributed by atoms with Crippen LogP contribution in [0.3, 0.4) is 0 Å². The molecule has 110 valence electrons. The summed E-state index contributed by atoms with van der Waals surface area (Å²) >= 11 is 0. The van der Waals surface area contributed by atoms with Gasteiger partial charge in [-0.3, -0.25) is 4.79 Å². The number of carboxylic acid groups (broad SMARTS) is 1. The van der Waals surface area contributed by atoms with Crippen LogP contribution in [0.2, 0.25) is 0 Å². The van der Waals surface area contributed by atoms with Gasteiger partial charge in [0, 0.05) is 0 Å². The fourth-order valence-electron chi connectivity index (χ4n) is 2.64. The van der Waals surface area contributed by atoms with Gasteiger partial charge in [-0.15, -0.1) is 0 Å². The first-order valence-corrected chi connectivity index (χ1v) is 7.47. The van der Waals surface area contributed by atoms with Crippen molar-refractivity contribution >= 4 is 5.97 Å². The largest absolute Gasteiger partial charge is 0.481 e. The lowest BCUT2D eigenvalue weighted by molar-refractivity contribution is -0.143. The second-order valence-corrected chi connectivity index (χ2v) is 5.64. The monoisotopic (exact) mass is 282 g/mol. The SMILES string of the molecule is CC(CCc1ccccc1)C(Cc1ccccc1)C(=O)O. The van der Waals surface area contributed by atoms with Gasteiger partial charge in [-0.05, 0) is 36.3 Å². The molecule has 0 amide bonds. The Balaban J connectivity index is 1.96. The number of benzene rings is 2. The van der Waals surface area contributed by atoms with E-state index in [-0.39, 0.29) is 11.8 Å². The third kappa shape index (κ3) is 4.75. The number of carboxylic acids is 1. The Morgan fingerprint density at radius 1 is 0.952 bits per heavy atom. The molecule has 2 unspecified atom stereocenters. The molecule has 2 aromatic carbocycles. The summed E-state index contributed by atoms with van der Waals surface area (Å²) in [5, 5.41) is 9.50. The molecule has 2 rings (SSSR count). The Morgan fingerprint density at radius 2 is 1.48 bits per heavy atom. The van der Waals surface area contributed by atoms with Crippen LogP contribution in [0.25, 0.3) is 0 Å². The van der Waals surface area contributed by atoms with Gasteiger partial charge in [-0.2, -0.15) is 0 Å². The predicted octanol–water partition coefficient (Wildman–Crippen LogP) is 4.20. The molecule has 0 bridgehead atoms. The van der Waals surface area contributed by atoms with E-state index in [0.717, 1.165) is 18.4 Å². The third-order valence-corrected chi connectivity index (χ3v) is 4.03. The number of hydrogen-bond donors (Lipinski definition) is 1. The highest BCUT2D eigenvalue weighted by atomic mass is 16.4. The third-order valence-electron chi connectivity index (χ3n) is 4.03. The smallest absolute Gasteiger partial charge is 0.307 e. The molecule has 0 aliphatic carbocycles. The van der Waals surface area contributed by atoms with E-state index in [0.29, 0.717) is 6.42 Å². The Morgan fingerprint density at radius 3 is 2.00 bits per heavy atom. The zero-order valence-electron chi connectivity index (χ0n) is 12.4. The van der Waals surface area contributed by atoms with Gasteiger partial charge in [0.25, 0.3) is 0 Å². The molecule has 1 N–H and O–H groups in total. The minimum atomic E-state index is -0.695. The van der Waals surface area contributed by atoms with Gasteiger partial charge in [-0.1, -0.05) is 67.6 Å².